The first-order chi connectivity index (χ1) is 8.49. The second kappa shape index (κ2) is 5.09. The van der Waals surface area contributed by atoms with Gasteiger partial charge in [-0.05, 0) is 13.3 Å². The van der Waals surface area contributed by atoms with Crippen LogP contribution in [0.4, 0.5) is 4.39 Å². The fourth-order valence-corrected chi connectivity index (χ4v) is 2.62. The minimum absolute atomic E-state index is 0.0968. The van der Waals surface area contributed by atoms with Crippen LogP contribution in [0.3, 0.4) is 0 Å². The second-order valence-electron chi connectivity index (χ2n) is 4.98. The van der Waals surface area contributed by atoms with Gasteiger partial charge in [0.05, 0.1) is 17.6 Å². The normalized spacial score (nSPS) is 31.1. The minimum Gasteiger partial charge on any atom is -0.378 e. The second-order valence-corrected chi connectivity index (χ2v) is 4.98. The summed E-state index contributed by atoms with van der Waals surface area (Å²) < 4.78 is 19.0. The lowest BCUT2D eigenvalue weighted by atomic mass is 10.1. The van der Waals surface area contributed by atoms with Crippen LogP contribution in [0.15, 0.2) is 11.8 Å². The van der Waals surface area contributed by atoms with Gasteiger partial charge in [-0.15, -0.1) is 4.39 Å². The van der Waals surface area contributed by atoms with E-state index in [2.05, 4.69) is 0 Å². The van der Waals surface area contributed by atoms with Gasteiger partial charge in [0.2, 0.25) is 5.82 Å². The number of hydrogen-bond acceptors (Lipinski definition) is 5. The number of ether oxygens (including phenoxy) is 1. The predicted molar refractivity (Wildman–Crippen MR) is 62.9 cm³/mol. The molecule has 0 aromatic rings. The molecule has 0 aliphatic carbocycles. The molecule has 102 valence electrons. The van der Waals surface area contributed by atoms with E-state index in [1.165, 1.54) is 0 Å². The van der Waals surface area contributed by atoms with Gasteiger partial charge in [-0.25, -0.2) is 0 Å². The molecule has 7 heteroatoms. The van der Waals surface area contributed by atoms with Crippen molar-refractivity contribution in [2.45, 2.75) is 19.4 Å². The molecule has 2 unspecified atom stereocenters. The molecule has 0 radical (unpaired) electrons. The summed E-state index contributed by atoms with van der Waals surface area (Å²) in [4.78, 5) is 12.9. The lowest BCUT2D eigenvalue weighted by molar-refractivity contribution is -0.450. The molecule has 0 N–H and O–H groups in total. The highest BCUT2D eigenvalue weighted by atomic mass is 19.1. The van der Waals surface area contributed by atoms with E-state index < -0.39 is 10.9 Å². The number of hydrogen-bond donors (Lipinski definition) is 0. The van der Waals surface area contributed by atoms with Gasteiger partial charge < -0.3 is 14.5 Å². The zero-order chi connectivity index (χ0) is 13.3. The van der Waals surface area contributed by atoms with E-state index in [-0.39, 0.29) is 11.9 Å². The van der Waals surface area contributed by atoms with Crippen LogP contribution >= 0.6 is 0 Å². The van der Waals surface area contributed by atoms with Gasteiger partial charge in [-0.1, -0.05) is 0 Å². The van der Waals surface area contributed by atoms with E-state index in [0.717, 1.165) is 6.42 Å². The summed E-state index contributed by atoms with van der Waals surface area (Å²) in [5.41, 5.74) is 0. The minimum atomic E-state index is -1.26. The maximum absolute atomic E-state index is 13.5. The number of nitrogens with zero attached hydrogens (tertiary/aromatic N) is 3. The number of nitro groups is 1. The highest BCUT2D eigenvalue weighted by molar-refractivity contribution is 5.06. The number of likely N-dealkylation sites (N-methyl/N-ethyl adjacent to an activating group) is 1. The van der Waals surface area contributed by atoms with Gasteiger partial charge in [0.1, 0.15) is 0 Å². The fraction of sp³-hybridized carbons (Fsp3) is 0.818. The lowest BCUT2D eigenvalue weighted by Gasteiger charge is -2.22. The van der Waals surface area contributed by atoms with Gasteiger partial charge in [0, 0.05) is 32.6 Å². The molecule has 2 saturated heterocycles. The van der Waals surface area contributed by atoms with Gasteiger partial charge >= 0.3 is 5.95 Å². The van der Waals surface area contributed by atoms with Crippen LogP contribution in [0.5, 0.6) is 0 Å². The summed E-state index contributed by atoms with van der Waals surface area (Å²) in [5.74, 6) is -0.845. The Morgan fingerprint density at radius 1 is 1.61 bits per heavy atom. The van der Waals surface area contributed by atoms with Gasteiger partial charge in [0.25, 0.3) is 0 Å². The topological polar surface area (TPSA) is 58.9 Å². The van der Waals surface area contributed by atoms with E-state index in [9.17, 15) is 14.5 Å². The number of rotatable bonds is 3. The van der Waals surface area contributed by atoms with Crippen molar-refractivity contribution in [1.82, 2.24) is 9.80 Å². The van der Waals surface area contributed by atoms with E-state index >= 15 is 0 Å². The van der Waals surface area contributed by atoms with Gasteiger partial charge in [0.15, 0.2) is 0 Å². The van der Waals surface area contributed by atoms with Crippen molar-refractivity contribution in [2.75, 3.05) is 33.3 Å². The molecule has 0 bridgehead atoms. The van der Waals surface area contributed by atoms with Crippen molar-refractivity contribution < 1.29 is 14.1 Å². The molecule has 0 aromatic heterocycles. The Balaban J connectivity index is 2.08. The van der Waals surface area contributed by atoms with E-state index in [1.807, 2.05) is 6.92 Å². The fourth-order valence-electron chi connectivity index (χ4n) is 2.62. The standard InChI is InChI=1S/C11H18FN3O3/c1-8-5-9(7-18-8)6-14-4-3-13(2)11(14)10(12)15(16)17/h8-9H,3-7H2,1-2H3. The van der Waals surface area contributed by atoms with E-state index in [0.29, 0.717) is 32.2 Å². The molecule has 2 atom stereocenters. The Bertz CT molecular complexity index is 375. The molecule has 18 heavy (non-hydrogen) atoms. The maximum Gasteiger partial charge on any atom is 0.460 e. The Morgan fingerprint density at radius 2 is 2.33 bits per heavy atom. The van der Waals surface area contributed by atoms with E-state index in [4.69, 9.17) is 4.74 Å². The lowest BCUT2D eigenvalue weighted by Crippen LogP contribution is -2.29. The summed E-state index contributed by atoms with van der Waals surface area (Å²) in [7, 11) is 1.67. The Kier molecular flexibility index (Phi) is 3.70. The molecular weight excluding hydrogens is 241 g/mol. The highest BCUT2D eigenvalue weighted by Gasteiger charge is 2.35. The van der Waals surface area contributed by atoms with Crippen molar-refractivity contribution in [3.8, 4) is 0 Å². The molecule has 6 nitrogen and oxygen atoms in total. The Morgan fingerprint density at radius 3 is 2.89 bits per heavy atom. The van der Waals surface area contributed by atoms with Crippen molar-refractivity contribution in [1.29, 1.82) is 0 Å². The monoisotopic (exact) mass is 259 g/mol. The number of halogens is 1. The summed E-state index contributed by atoms with van der Waals surface area (Å²) in [6.07, 6.45) is 1.15. The summed E-state index contributed by atoms with van der Waals surface area (Å²) >= 11 is 0. The maximum atomic E-state index is 13.5. The molecular formula is C11H18FN3O3. The third-order valence-electron chi connectivity index (χ3n) is 3.47. The third kappa shape index (κ3) is 2.55. The van der Waals surface area contributed by atoms with Crippen molar-refractivity contribution >= 4 is 0 Å². The first kappa shape index (κ1) is 13.1. The average Bonchev–Trinajstić information content (AvgIpc) is 2.85. The zero-order valence-electron chi connectivity index (χ0n) is 10.6. The van der Waals surface area contributed by atoms with Crippen LogP contribution in [-0.2, 0) is 4.74 Å². The quantitative estimate of drug-likeness (QED) is 0.430. The SMILES string of the molecule is CC1CC(CN2CCN(C)C2=C(F)[N+](=O)[O-])CO1. The molecule has 2 rings (SSSR count). The third-order valence-corrected chi connectivity index (χ3v) is 3.47. The molecule has 0 spiro atoms. The molecule has 0 saturated carbocycles. The van der Waals surface area contributed by atoms with Crippen LogP contribution in [-0.4, -0.2) is 54.1 Å². The zero-order valence-corrected chi connectivity index (χ0v) is 10.6. The molecule has 0 amide bonds. The highest BCUT2D eigenvalue weighted by Crippen LogP contribution is 2.26. The molecule has 2 aliphatic heterocycles. The van der Waals surface area contributed by atoms with Crippen LogP contribution in [0.1, 0.15) is 13.3 Å². The van der Waals surface area contributed by atoms with Crippen LogP contribution in [0.2, 0.25) is 0 Å². The largest absolute Gasteiger partial charge is 0.460 e. The predicted octanol–water partition coefficient (Wildman–Crippen LogP) is 1.03. The smallest absolute Gasteiger partial charge is 0.378 e. The first-order valence-corrected chi connectivity index (χ1v) is 6.11. The van der Waals surface area contributed by atoms with Gasteiger partial charge in [-0.3, -0.25) is 10.1 Å². The summed E-state index contributed by atoms with van der Waals surface area (Å²) in [5, 5.41) is 10.6. The molecule has 0 aromatic carbocycles. The first-order valence-electron chi connectivity index (χ1n) is 6.11. The van der Waals surface area contributed by atoms with Crippen LogP contribution in [0.25, 0.3) is 0 Å². The van der Waals surface area contributed by atoms with Crippen LogP contribution in [0, 0.1) is 16.0 Å². The Labute approximate surface area is 105 Å². The molecule has 2 heterocycles. The van der Waals surface area contributed by atoms with Gasteiger partial charge in [-0.2, -0.15) is 0 Å². The average molecular weight is 259 g/mol. The van der Waals surface area contributed by atoms with Crippen molar-refractivity contribution in [3.63, 3.8) is 0 Å². The Hall–Kier alpha value is -1.37. The van der Waals surface area contributed by atoms with Crippen molar-refractivity contribution in [2.24, 2.45) is 5.92 Å². The summed E-state index contributed by atoms with van der Waals surface area (Å²) in [6.45, 7) is 4.50. The summed E-state index contributed by atoms with van der Waals surface area (Å²) in [6, 6.07) is 0. The van der Waals surface area contributed by atoms with Crippen molar-refractivity contribution in [3.05, 3.63) is 21.9 Å². The molecule has 2 aliphatic rings. The molecule has 2 fully saturated rings. The van der Waals surface area contributed by atoms with E-state index in [1.54, 1.807) is 16.8 Å². The van der Waals surface area contributed by atoms with Crippen LogP contribution < -0.4 is 0 Å².